The maximum atomic E-state index is 12.1. The molecule has 0 amide bonds. The SMILES string of the molecule is Cc1ccc(N[C@@H](C)c2nc3ccccc3c(=O)[nH]2)c(O)c1. The number of aromatic amines is 1. The molecule has 1 heterocycles. The lowest BCUT2D eigenvalue weighted by molar-refractivity contribution is 0.476. The molecule has 0 aliphatic rings. The Kier molecular flexibility index (Phi) is 3.55. The van der Waals surface area contributed by atoms with E-state index in [1.807, 2.05) is 38.1 Å². The summed E-state index contributed by atoms with van der Waals surface area (Å²) in [7, 11) is 0. The van der Waals surface area contributed by atoms with Crippen molar-refractivity contribution in [3.8, 4) is 5.75 Å². The predicted molar refractivity (Wildman–Crippen MR) is 87.2 cm³/mol. The first-order chi connectivity index (χ1) is 10.5. The lowest BCUT2D eigenvalue weighted by Gasteiger charge is -2.16. The van der Waals surface area contributed by atoms with Gasteiger partial charge in [-0.1, -0.05) is 18.2 Å². The molecule has 112 valence electrons. The first kappa shape index (κ1) is 14.1. The van der Waals surface area contributed by atoms with Crippen LogP contribution in [-0.2, 0) is 0 Å². The zero-order valence-electron chi connectivity index (χ0n) is 12.4. The molecule has 1 atom stereocenters. The molecular formula is C17H17N3O2. The first-order valence-electron chi connectivity index (χ1n) is 7.10. The Morgan fingerprint density at radius 1 is 1.23 bits per heavy atom. The average molecular weight is 295 g/mol. The summed E-state index contributed by atoms with van der Waals surface area (Å²) < 4.78 is 0. The Balaban J connectivity index is 1.95. The number of H-pyrrole nitrogens is 1. The number of aryl methyl sites for hydroxylation is 1. The number of hydrogen-bond acceptors (Lipinski definition) is 4. The largest absolute Gasteiger partial charge is 0.506 e. The van der Waals surface area contributed by atoms with E-state index in [1.165, 1.54) is 0 Å². The molecule has 1 aromatic heterocycles. The number of aromatic hydroxyl groups is 1. The molecule has 3 rings (SSSR count). The number of fused-ring (bicyclic) bond motifs is 1. The van der Waals surface area contributed by atoms with E-state index in [0.29, 0.717) is 22.4 Å². The number of nitrogens with zero attached hydrogens (tertiary/aromatic N) is 1. The fourth-order valence-electron chi connectivity index (χ4n) is 2.37. The van der Waals surface area contributed by atoms with Crippen LogP contribution in [0, 0.1) is 6.92 Å². The maximum absolute atomic E-state index is 12.1. The molecule has 3 aromatic rings. The Morgan fingerprint density at radius 3 is 2.77 bits per heavy atom. The number of phenols is 1. The van der Waals surface area contributed by atoms with Gasteiger partial charge in [-0.2, -0.15) is 0 Å². The van der Waals surface area contributed by atoms with Crippen molar-refractivity contribution >= 4 is 16.6 Å². The maximum Gasteiger partial charge on any atom is 0.258 e. The van der Waals surface area contributed by atoms with E-state index >= 15 is 0 Å². The third kappa shape index (κ3) is 2.65. The smallest absolute Gasteiger partial charge is 0.258 e. The van der Waals surface area contributed by atoms with Gasteiger partial charge in [0.2, 0.25) is 0 Å². The van der Waals surface area contributed by atoms with Crippen molar-refractivity contribution in [2.24, 2.45) is 0 Å². The highest BCUT2D eigenvalue weighted by Gasteiger charge is 2.12. The van der Waals surface area contributed by atoms with E-state index in [4.69, 9.17) is 0 Å². The van der Waals surface area contributed by atoms with Crippen LogP contribution in [0.25, 0.3) is 10.9 Å². The number of benzene rings is 2. The summed E-state index contributed by atoms with van der Waals surface area (Å²) in [6, 6.07) is 12.4. The van der Waals surface area contributed by atoms with E-state index in [1.54, 1.807) is 18.2 Å². The second-order valence-corrected chi connectivity index (χ2v) is 5.35. The Bertz CT molecular complexity index is 886. The molecule has 0 bridgehead atoms. The molecular weight excluding hydrogens is 278 g/mol. The van der Waals surface area contributed by atoms with Gasteiger partial charge in [0.15, 0.2) is 0 Å². The van der Waals surface area contributed by atoms with Gasteiger partial charge in [0.05, 0.1) is 22.6 Å². The molecule has 0 saturated heterocycles. The molecule has 0 aliphatic heterocycles. The van der Waals surface area contributed by atoms with Crippen molar-refractivity contribution in [3.63, 3.8) is 0 Å². The summed E-state index contributed by atoms with van der Waals surface area (Å²) in [5.41, 5.74) is 2.08. The lowest BCUT2D eigenvalue weighted by atomic mass is 10.2. The van der Waals surface area contributed by atoms with E-state index < -0.39 is 0 Å². The van der Waals surface area contributed by atoms with Crippen molar-refractivity contribution in [3.05, 3.63) is 64.2 Å². The number of rotatable bonds is 3. The van der Waals surface area contributed by atoms with Crippen LogP contribution in [0.5, 0.6) is 5.75 Å². The van der Waals surface area contributed by atoms with Crippen molar-refractivity contribution in [1.82, 2.24) is 9.97 Å². The van der Waals surface area contributed by atoms with Crippen LogP contribution in [0.3, 0.4) is 0 Å². The van der Waals surface area contributed by atoms with Gasteiger partial charge in [-0.15, -0.1) is 0 Å². The van der Waals surface area contributed by atoms with Gasteiger partial charge in [-0.3, -0.25) is 4.79 Å². The predicted octanol–water partition coefficient (Wildman–Crippen LogP) is 3.11. The Hall–Kier alpha value is -2.82. The van der Waals surface area contributed by atoms with Crippen LogP contribution < -0.4 is 10.9 Å². The summed E-state index contributed by atoms with van der Waals surface area (Å²) in [4.78, 5) is 19.4. The van der Waals surface area contributed by atoms with E-state index in [0.717, 1.165) is 5.56 Å². The van der Waals surface area contributed by atoms with E-state index in [2.05, 4.69) is 15.3 Å². The molecule has 0 fully saturated rings. The number of para-hydroxylation sites is 1. The van der Waals surface area contributed by atoms with E-state index in [9.17, 15) is 9.90 Å². The summed E-state index contributed by atoms with van der Waals surface area (Å²) >= 11 is 0. The number of hydrogen-bond donors (Lipinski definition) is 3. The summed E-state index contributed by atoms with van der Waals surface area (Å²) in [6.07, 6.45) is 0. The van der Waals surface area contributed by atoms with Gasteiger partial charge in [-0.25, -0.2) is 4.98 Å². The number of aromatic nitrogens is 2. The Morgan fingerprint density at radius 2 is 2.00 bits per heavy atom. The van der Waals surface area contributed by atoms with Crippen LogP contribution >= 0.6 is 0 Å². The summed E-state index contributed by atoms with van der Waals surface area (Å²) in [5, 5.41) is 13.7. The molecule has 5 heteroatoms. The number of anilines is 1. The standard InChI is InChI=1S/C17H17N3O2/c1-10-7-8-14(15(21)9-10)18-11(2)16-19-13-6-4-3-5-12(13)17(22)20-16/h3-9,11,18,21H,1-2H3,(H,19,20,22)/t11-/m0/s1. The lowest BCUT2D eigenvalue weighted by Crippen LogP contribution is -2.17. The third-order valence-corrected chi connectivity index (χ3v) is 3.57. The van der Waals surface area contributed by atoms with E-state index in [-0.39, 0.29) is 17.4 Å². The zero-order chi connectivity index (χ0) is 15.7. The zero-order valence-corrected chi connectivity index (χ0v) is 12.4. The van der Waals surface area contributed by atoms with Crippen LogP contribution in [0.1, 0.15) is 24.4 Å². The van der Waals surface area contributed by atoms with Gasteiger partial charge in [0.1, 0.15) is 11.6 Å². The highest BCUT2D eigenvalue weighted by Crippen LogP contribution is 2.27. The molecule has 0 aliphatic carbocycles. The minimum atomic E-state index is -0.245. The van der Waals surface area contributed by atoms with Crippen molar-refractivity contribution in [1.29, 1.82) is 0 Å². The van der Waals surface area contributed by atoms with Crippen molar-refractivity contribution in [2.45, 2.75) is 19.9 Å². The quantitative estimate of drug-likeness (QED) is 0.649. The highest BCUT2D eigenvalue weighted by molar-refractivity contribution is 5.77. The second kappa shape index (κ2) is 5.52. The molecule has 0 radical (unpaired) electrons. The summed E-state index contributed by atoms with van der Waals surface area (Å²) in [5.74, 6) is 0.707. The van der Waals surface area contributed by atoms with Crippen LogP contribution in [-0.4, -0.2) is 15.1 Å². The molecule has 5 nitrogen and oxygen atoms in total. The third-order valence-electron chi connectivity index (χ3n) is 3.57. The molecule has 22 heavy (non-hydrogen) atoms. The fraction of sp³-hybridized carbons (Fsp3) is 0.176. The number of nitrogens with one attached hydrogen (secondary N) is 2. The molecule has 0 unspecified atom stereocenters. The molecule has 0 spiro atoms. The Labute approximate surface area is 127 Å². The summed E-state index contributed by atoms with van der Waals surface area (Å²) in [6.45, 7) is 3.79. The van der Waals surface area contributed by atoms with Gasteiger partial charge < -0.3 is 15.4 Å². The topological polar surface area (TPSA) is 78.0 Å². The minimum absolute atomic E-state index is 0.164. The van der Waals surface area contributed by atoms with Gasteiger partial charge in [-0.05, 0) is 43.7 Å². The normalized spacial score (nSPS) is 12.3. The molecule has 0 saturated carbocycles. The second-order valence-electron chi connectivity index (χ2n) is 5.35. The van der Waals surface area contributed by atoms with Crippen LogP contribution in [0.2, 0.25) is 0 Å². The fourth-order valence-corrected chi connectivity index (χ4v) is 2.37. The number of phenolic OH excluding ortho intramolecular Hbond substituents is 1. The monoisotopic (exact) mass is 295 g/mol. The van der Waals surface area contributed by atoms with Crippen molar-refractivity contribution in [2.75, 3.05) is 5.32 Å². The van der Waals surface area contributed by atoms with Crippen LogP contribution in [0.4, 0.5) is 5.69 Å². The van der Waals surface area contributed by atoms with Crippen molar-refractivity contribution < 1.29 is 5.11 Å². The first-order valence-corrected chi connectivity index (χ1v) is 7.10. The van der Waals surface area contributed by atoms with Gasteiger partial charge >= 0.3 is 0 Å². The molecule has 3 N–H and O–H groups in total. The van der Waals surface area contributed by atoms with Gasteiger partial charge in [0.25, 0.3) is 5.56 Å². The minimum Gasteiger partial charge on any atom is -0.506 e. The van der Waals surface area contributed by atoms with Gasteiger partial charge in [0, 0.05) is 0 Å². The highest BCUT2D eigenvalue weighted by atomic mass is 16.3. The van der Waals surface area contributed by atoms with Crippen LogP contribution in [0.15, 0.2) is 47.3 Å². The molecule has 2 aromatic carbocycles. The average Bonchev–Trinajstić information content (AvgIpc) is 2.50.